The quantitative estimate of drug-likeness (QED) is 0.0541. The van der Waals surface area contributed by atoms with Crippen molar-refractivity contribution in [1.29, 1.82) is 0 Å². The van der Waals surface area contributed by atoms with Crippen LogP contribution in [0.25, 0.3) is 17.1 Å². The van der Waals surface area contributed by atoms with E-state index in [9.17, 15) is 26.3 Å². The fourth-order valence-corrected chi connectivity index (χ4v) is 4.83. The van der Waals surface area contributed by atoms with E-state index in [0.29, 0.717) is 23.2 Å². The van der Waals surface area contributed by atoms with Gasteiger partial charge in [-0.05, 0) is 103 Å². The number of nitrogens with two attached hydrogens (primary N) is 2. The molecular formula is C37H32F6N7O2+. The van der Waals surface area contributed by atoms with Gasteiger partial charge in [-0.2, -0.15) is 17.7 Å². The van der Waals surface area contributed by atoms with Gasteiger partial charge in [-0.1, -0.05) is 36.1 Å². The lowest BCUT2D eigenvalue weighted by Crippen LogP contribution is -2.43. The maximum Gasteiger partial charge on any atom is 0.573 e. The molecule has 5 rings (SSSR count). The molecule has 0 amide bonds. The Bertz CT molecular complexity index is 2080. The normalized spacial score (nSPS) is 12.4. The second kappa shape index (κ2) is 16.4. The van der Waals surface area contributed by atoms with E-state index in [1.165, 1.54) is 39.8 Å². The van der Waals surface area contributed by atoms with Crippen LogP contribution in [0.15, 0.2) is 113 Å². The van der Waals surface area contributed by atoms with E-state index in [1.807, 2.05) is 12.1 Å². The smallest absolute Gasteiger partial charge is 0.406 e. The molecular weight excluding hydrogens is 688 g/mol. The van der Waals surface area contributed by atoms with Crippen LogP contribution in [0.1, 0.15) is 35.1 Å². The van der Waals surface area contributed by atoms with E-state index in [0.717, 1.165) is 42.7 Å². The van der Waals surface area contributed by atoms with Crippen molar-refractivity contribution in [2.75, 3.05) is 13.2 Å². The van der Waals surface area contributed by atoms with Crippen LogP contribution in [0.2, 0.25) is 0 Å². The Kier molecular flexibility index (Phi) is 11.7. The van der Waals surface area contributed by atoms with Crippen LogP contribution < -0.4 is 20.8 Å². The third-order valence-electron chi connectivity index (χ3n) is 7.38. The van der Waals surface area contributed by atoms with Crippen molar-refractivity contribution in [1.82, 2.24) is 9.78 Å². The van der Waals surface area contributed by atoms with Gasteiger partial charge in [-0.25, -0.2) is 0 Å². The Morgan fingerprint density at radius 2 is 1.56 bits per heavy atom. The summed E-state index contributed by atoms with van der Waals surface area (Å²) in [5.41, 5.74) is 14.5. The molecule has 0 aliphatic heterocycles. The van der Waals surface area contributed by atoms with E-state index < -0.39 is 23.9 Å². The summed E-state index contributed by atoms with van der Waals surface area (Å²) in [4.78, 5) is 9.23. The van der Waals surface area contributed by atoms with Gasteiger partial charge in [0.2, 0.25) is 0 Å². The summed E-state index contributed by atoms with van der Waals surface area (Å²) in [6, 6.07) is 23.3. The average Bonchev–Trinajstić information content (AvgIpc) is 3.56. The molecule has 0 saturated heterocycles. The molecule has 0 unspecified atom stereocenters. The van der Waals surface area contributed by atoms with Crippen molar-refractivity contribution in [2.45, 2.75) is 31.8 Å². The third kappa shape index (κ3) is 10.1. The molecule has 9 nitrogen and oxygen atoms in total. The number of hydrogen-bond donors (Lipinski definition) is 3. The number of ether oxygens (including phenoxy) is 1. The Labute approximate surface area is 294 Å². The monoisotopic (exact) mass is 720 g/mol. The molecule has 0 atom stereocenters. The minimum atomic E-state index is -4.90. The highest BCUT2D eigenvalue weighted by Crippen LogP contribution is 2.30. The van der Waals surface area contributed by atoms with Crippen LogP contribution in [0.5, 0.6) is 5.75 Å². The molecule has 268 valence electrons. The molecule has 1 heterocycles. The molecule has 5 N–H and O–H groups in total. The van der Waals surface area contributed by atoms with Crippen LogP contribution in [0.3, 0.4) is 0 Å². The maximum absolute atomic E-state index is 13.3. The zero-order valence-corrected chi connectivity index (χ0v) is 27.4. The van der Waals surface area contributed by atoms with Gasteiger partial charge in [0.25, 0.3) is 5.82 Å². The lowest BCUT2D eigenvalue weighted by Gasteiger charge is -2.08. The molecule has 0 saturated carbocycles. The number of aliphatic hydroxyl groups excluding tert-OH is 1. The van der Waals surface area contributed by atoms with Gasteiger partial charge in [0.05, 0.1) is 12.2 Å². The largest absolute Gasteiger partial charge is 0.573 e. The van der Waals surface area contributed by atoms with Crippen molar-refractivity contribution in [3.8, 4) is 34.7 Å². The molecule has 1 aromatic heterocycles. The molecule has 4 aromatic carbocycles. The second-order valence-corrected chi connectivity index (χ2v) is 11.2. The minimum Gasteiger partial charge on any atom is -0.406 e. The molecule has 15 heteroatoms. The molecule has 0 fully saturated rings. The fourth-order valence-electron chi connectivity index (χ4n) is 4.83. The first-order chi connectivity index (χ1) is 24.8. The van der Waals surface area contributed by atoms with Gasteiger partial charge in [0.15, 0.2) is 12.2 Å². The highest BCUT2D eigenvalue weighted by molar-refractivity contribution is 6.03. The van der Waals surface area contributed by atoms with E-state index in [2.05, 4.69) is 31.7 Å². The molecule has 5 aromatic rings. The topological polar surface area (TPSA) is 128 Å². The van der Waals surface area contributed by atoms with Crippen LogP contribution in [-0.4, -0.2) is 46.2 Å². The lowest BCUT2D eigenvalue weighted by molar-refractivity contribution is -0.545. The molecule has 0 spiro atoms. The highest BCUT2D eigenvalue weighted by Gasteiger charge is 2.32. The molecule has 0 aliphatic carbocycles. The maximum atomic E-state index is 13.3. The van der Waals surface area contributed by atoms with Crippen LogP contribution in [0, 0.1) is 11.8 Å². The number of aliphatic imine (C=N–C) groups is 2. The Hall–Kier alpha value is -5.98. The Balaban J connectivity index is 1.66. The molecule has 52 heavy (non-hydrogen) atoms. The number of halogens is 6. The van der Waals surface area contributed by atoms with Crippen molar-refractivity contribution < 1.29 is 40.8 Å². The average molecular weight is 721 g/mol. The number of rotatable bonds is 9. The van der Waals surface area contributed by atoms with E-state index in [-0.39, 0.29) is 42.0 Å². The van der Waals surface area contributed by atoms with E-state index >= 15 is 0 Å². The number of aliphatic hydroxyl groups is 1. The van der Waals surface area contributed by atoms with Crippen molar-refractivity contribution >= 4 is 17.5 Å². The van der Waals surface area contributed by atoms with Crippen LogP contribution in [-0.2, 0) is 12.6 Å². The van der Waals surface area contributed by atoms with Crippen molar-refractivity contribution in [2.24, 2.45) is 21.5 Å². The molecule has 0 aliphatic rings. The first-order valence-corrected chi connectivity index (χ1v) is 15.8. The lowest BCUT2D eigenvalue weighted by atomic mass is 10.1. The van der Waals surface area contributed by atoms with Crippen LogP contribution >= 0.6 is 0 Å². The zero-order valence-electron chi connectivity index (χ0n) is 27.4. The number of aryl methyl sites for hydroxylation is 1. The van der Waals surface area contributed by atoms with Crippen LogP contribution in [0.4, 0.5) is 32.0 Å². The summed E-state index contributed by atoms with van der Waals surface area (Å²) in [6.07, 6.45) is -6.15. The van der Waals surface area contributed by atoms with E-state index in [1.54, 1.807) is 36.4 Å². The SMILES string of the molecule is NCCCc1ccc(C(N)=NC(=Nc2ccc(OC(F)(F)F)cc2)[n+]2cn(-c3ccc(C(F)(F)F)cc3)nc2-c2ccc(C#CCCO)cc2)cc1. The molecule has 0 radical (unpaired) electrons. The number of benzene rings is 4. The van der Waals surface area contributed by atoms with E-state index in [4.69, 9.17) is 16.6 Å². The number of amidine groups is 1. The number of aromatic nitrogens is 3. The number of alkyl halides is 6. The first-order valence-electron chi connectivity index (χ1n) is 15.8. The predicted octanol–water partition coefficient (Wildman–Crippen LogP) is 6.31. The Morgan fingerprint density at radius 1 is 0.885 bits per heavy atom. The van der Waals surface area contributed by atoms with Crippen molar-refractivity contribution in [3.05, 3.63) is 126 Å². The number of nitrogens with zero attached hydrogens (tertiary/aromatic N) is 5. The van der Waals surface area contributed by atoms with Crippen molar-refractivity contribution in [3.63, 3.8) is 0 Å². The summed E-state index contributed by atoms with van der Waals surface area (Å²) in [5.74, 6) is 5.52. The van der Waals surface area contributed by atoms with Gasteiger partial charge >= 0.3 is 18.5 Å². The summed E-state index contributed by atoms with van der Waals surface area (Å²) < 4.78 is 85.3. The summed E-state index contributed by atoms with van der Waals surface area (Å²) in [6.45, 7) is 0.447. The summed E-state index contributed by atoms with van der Waals surface area (Å²) in [7, 11) is 0. The first kappa shape index (κ1) is 37.3. The zero-order chi connectivity index (χ0) is 37.3. The molecule has 0 bridgehead atoms. The minimum absolute atomic E-state index is 0.0383. The van der Waals surface area contributed by atoms with Gasteiger partial charge < -0.3 is 21.3 Å². The van der Waals surface area contributed by atoms with Gasteiger partial charge in [0, 0.05) is 23.1 Å². The summed E-state index contributed by atoms with van der Waals surface area (Å²) in [5, 5.41) is 13.7. The van der Waals surface area contributed by atoms with Gasteiger partial charge in [-0.15, -0.1) is 27.8 Å². The third-order valence-corrected chi connectivity index (χ3v) is 7.38. The Morgan fingerprint density at radius 3 is 2.15 bits per heavy atom. The summed E-state index contributed by atoms with van der Waals surface area (Å²) >= 11 is 0. The van der Waals surface area contributed by atoms with Gasteiger partial charge in [-0.3, -0.25) is 0 Å². The highest BCUT2D eigenvalue weighted by atomic mass is 19.4. The second-order valence-electron chi connectivity index (χ2n) is 11.2. The number of hydrogen-bond acceptors (Lipinski definition) is 5. The fraction of sp³-hybridized carbons (Fsp3) is 0.189. The predicted molar refractivity (Wildman–Crippen MR) is 183 cm³/mol. The standard InChI is InChI=1S/C37H32F6N7O2/c38-36(39,40)29-14-18-31(19-15-29)50-24-49(34(48-50)28-12-8-25(9-13-28)4-1-2-23-51)35(46-30-16-20-32(21-17-30)52-37(41,42)43)47-33(45)27-10-6-26(7-11-27)5-3-22-44/h6-21,24,51H,2-3,5,22-23,44H2,(H2,45,46,47)/q+1. The van der Waals surface area contributed by atoms with Gasteiger partial charge in [0.1, 0.15) is 17.1 Å².